The summed E-state index contributed by atoms with van der Waals surface area (Å²) in [6.07, 6.45) is 4.68. The molecular weight excluding hydrogens is 644 g/mol. The molecule has 0 aromatic heterocycles. The summed E-state index contributed by atoms with van der Waals surface area (Å²) in [5.74, 6) is 0.183. The van der Waals surface area contributed by atoms with Crippen LogP contribution in [0.2, 0.25) is 0 Å². The summed E-state index contributed by atoms with van der Waals surface area (Å²) in [4.78, 5) is 23.6. The van der Waals surface area contributed by atoms with E-state index in [1.807, 2.05) is 0 Å². The van der Waals surface area contributed by atoms with Crippen LogP contribution in [0.1, 0.15) is 129 Å². The Hall–Kier alpha value is -1.78. The number of ether oxygens (including phenoxy) is 5. The summed E-state index contributed by atoms with van der Waals surface area (Å²) < 4.78 is 30.0. The molecule has 7 atom stereocenters. The minimum absolute atomic E-state index is 0.0960. The molecule has 0 rings (SSSR count). The zero-order valence-corrected chi connectivity index (χ0v) is 35.6. The lowest BCUT2D eigenvalue weighted by atomic mass is 9.72. The average Bonchev–Trinajstić information content (AvgIpc) is 3.07. The van der Waals surface area contributed by atoms with Gasteiger partial charge in [0.1, 0.15) is 0 Å². The van der Waals surface area contributed by atoms with Crippen molar-refractivity contribution in [3.63, 3.8) is 0 Å². The molecule has 0 saturated carbocycles. The number of rotatable bonds is 29. The van der Waals surface area contributed by atoms with Crippen molar-refractivity contribution < 1.29 is 33.3 Å². The summed E-state index contributed by atoms with van der Waals surface area (Å²) >= 11 is 0. The van der Waals surface area contributed by atoms with E-state index in [2.05, 4.69) is 107 Å². The van der Waals surface area contributed by atoms with Crippen LogP contribution in [0.3, 0.4) is 0 Å². The molecule has 0 aromatic rings. The van der Waals surface area contributed by atoms with Gasteiger partial charge in [0.15, 0.2) is 0 Å². The van der Waals surface area contributed by atoms with Gasteiger partial charge in [-0.1, -0.05) is 61.6 Å². The molecule has 0 spiro atoms. The number of nitrogens with one attached hydrogen (secondary N) is 2. The zero-order chi connectivity index (χ0) is 39.6. The Balaban J connectivity index is 5.34. The Morgan fingerprint density at radius 1 is 0.725 bits per heavy atom. The Labute approximate surface area is 313 Å². The van der Waals surface area contributed by atoms with Gasteiger partial charge in [0.05, 0.1) is 44.7 Å². The third-order valence-corrected chi connectivity index (χ3v) is 10.9. The summed E-state index contributed by atoms with van der Waals surface area (Å²) in [6.45, 7) is 41.1. The van der Waals surface area contributed by atoms with Crippen molar-refractivity contribution in [3.05, 3.63) is 24.3 Å². The molecule has 9 nitrogen and oxygen atoms in total. The van der Waals surface area contributed by atoms with E-state index in [9.17, 15) is 9.59 Å². The number of methoxy groups -OCH3 is 1. The molecule has 0 aliphatic carbocycles. The lowest BCUT2D eigenvalue weighted by Crippen LogP contribution is -2.51. The maximum Gasteiger partial charge on any atom is 0.333 e. The molecule has 0 aliphatic rings. The second-order valence-corrected chi connectivity index (χ2v) is 17.1. The highest BCUT2D eigenvalue weighted by molar-refractivity contribution is 5.87. The van der Waals surface area contributed by atoms with Crippen molar-refractivity contribution in [2.75, 3.05) is 53.2 Å². The standard InChI is InChI=1S/C42H80N2O7/c1-18-36(48-26-35(11)41(16,19-2)44-23-33(9)25-50-38(46)31(6)7)21-42(20-3,29-47-17)28-39(12,13)51-27-34(10)40(14,15)43-22-32(8)24-49-37(45)30(4)5/h32-36,43-44H,4,6,18-29H2,1-3,5,7-17H3. The fourth-order valence-corrected chi connectivity index (χ4v) is 6.11. The Morgan fingerprint density at radius 2 is 1.24 bits per heavy atom. The molecule has 0 aliphatic heterocycles. The molecule has 0 bridgehead atoms. The fourth-order valence-electron chi connectivity index (χ4n) is 6.11. The summed E-state index contributed by atoms with van der Waals surface area (Å²) in [7, 11) is 1.79. The highest BCUT2D eigenvalue weighted by Gasteiger charge is 2.39. The van der Waals surface area contributed by atoms with E-state index in [-0.39, 0.29) is 63.8 Å². The Bertz CT molecular complexity index is 1060. The van der Waals surface area contributed by atoms with E-state index in [4.69, 9.17) is 23.7 Å². The van der Waals surface area contributed by atoms with Gasteiger partial charge in [-0.3, -0.25) is 0 Å². The lowest BCUT2D eigenvalue weighted by Gasteiger charge is -2.43. The second kappa shape index (κ2) is 23.1. The normalized spacial score (nSPS) is 17.7. The molecule has 300 valence electrons. The molecule has 0 aromatic carbocycles. The fraction of sp³-hybridized carbons (Fsp3) is 0.857. The molecule has 0 amide bonds. The molecular formula is C42H80N2O7. The van der Waals surface area contributed by atoms with Gasteiger partial charge in [0.2, 0.25) is 0 Å². The van der Waals surface area contributed by atoms with Crippen LogP contribution in [0.5, 0.6) is 0 Å². The predicted octanol–water partition coefficient (Wildman–Crippen LogP) is 8.31. The van der Waals surface area contributed by atoms with Gasteiger partial charge >= 0.3 is 11.9 Å². The topological polar surface area (TPSA) is 104 Å². The summed E-state index contributed by atoms with van der Waals surface area (Å²) in [5.41, 5.74) is 0.0783. The van der Waals surface area contributed by atoms with Crippen LogP contribution < -0.4 is 10.6 Å². The third-order valence-electron chi connectivity index (χ3n) is 10.9. The van der Waals surface area contributed by atoms with E-state index in [0.717, 1.165) is 45.2 Å². The van der Waals surface area contributed by atoms with Crippen LogP contribution in [0.25, 0.3) is 0 Å². The van der Waals surface area contributed by atoms with Gasteiger partial charge in [-0.15, -0.1) is 0 Å². The SMILES string of the molecule is C=C(C)C(=O)OCC(C)CNC(C)(C)C(C)COC(C)(C)CC(CC)(COC)CC(CC)OCC(C)C(C)(CC)NCC(C)COC(=O)C(=C)C. The highest BCUT2D eigenvalue weighted by Crippen LogP contribution is 2.40. The number of hydrogen-bond acceptors (Lipinski definition) is 9. The van der Waals surface area contributed by atoms with E-state index >= 15 is 0 Å². The summed E-state index contributed by atoms with van der Waals surface area (Å²) in [5, 5.41) is 7.43. The first kappa shape index (κ1) is 49.2. The maximum absolute atomic E-state index is 11.8. The quantitative estimate of drug-likeness (QED) is 0.0582. The minimum atomic E-state index is -0.366. The Morgan fingerprint density at radius 3 is 1.67 bits per heavy atom. The van der Waals surface area contributed by atoms with Crippen LogP contribution in [-0.4, -0.2) is 88.0 Å². The largest absolute Gasteiger partial charge is 0.462 e. The van der Waals surface area contributed by atoms with Gasteiger partial charge in [-0.2, -0.15) is 0 Å². The summed E-state index contributed by atoms with van der Waals surface area (Å²) in [6, 6.07) is 0. The van der Waals surface area contributed by atoms with Crippen molar-refractivity contribution in [3.8, 4) is 0 Å². The number of carbonyl (C=O) groups is 2. The monoisotopic (exact) mass is 725 g/mol. The average molecular weight is 725 g/mol. The van der Waals surface area contributed by atoms with Crippen molar-refractivity contribution in [1.29, 1.82) is 0 Å². The van der Waals surface area contributed by atoms with Crippen LogP contribution in [0.15, 0.2) is 24.3 Å². The van der Waals surface area contributed by atoms with E-state index in [0.29, 0.717) is 44.2 Å². The maximum atomic E-state index is 11.8. The van der Waals surface area contributed by atoms with Crippen LogP contribution >= 0.6 is 0 Å². The van der Waals surface area contributed by atoms with E-state index < -0.39 is 0 Å². The van der Waals surface area contributed by atoms with Crippen LogP contribution in [-0.2, 0) is 33.3 Å². The van der Waals surface area contributed by atoms with Crippen molar-refractivity contribution >= 4 is 11.9 Å². The van der Waals surface area contributed by atoms with E-state index in [1.54, 1.807) is 21.0 Å². The van der Waals surface area contributed by atoms with Gasteiger partial charge in [0, 0.05) is 54.3 Å². The molecule has 0 fully saturated rings. The zero-order valence-electron chi connectivity index (χ0n) is 35.6. The van der Waals surface area contributed by atoms with E-state index in [1.165, 1.54) is 0 Å². The smallest absolute Gasteiger partial charge is 0.333 e. The molecule has 0 heterocycles. The van der Waals surface area contributed by atoms with Gasteiger partial charge < -0.3 is 34.3 Å². The van der Waals surface area contributed by atoms with Gasteiger partial charge in [-0.25, -0.2) is 9.59 Å². The van der Waals surface area contributed by atoms with Crippen molar-refractivity contribution in [2.45, 2.75) is 152 Å². The first-order valence-corrected chi connectivity index (χ1v) is 19.4. The van der Waals surface area contributed by atoms with Gasteiger partial charge in [0.25, 0.3) is 0 Å². The molecule has 51 heavy (non-hydrogen) atoms. The van der Waals surface area contributed by atoms with Crippen molar-refractivity contribution in [2.24, 2.45) is 29.1 Å². The predicted molar refractivity (Wildman–Crippen MR) is 211 cm³/mol. The highest BCUT2D eigenvalue weighted by atomic mass is 16.5. The first-order chi connectivity index (χ1) is 23.5. The molecule has 7 unspecified atom stereocenters. The molecule has 0 radical (unpaired) electrons. The first-order valence-electron chi connectivity index (χ1n) is 19.4. The second-order valence-electron chi connectivity index (χ2n) is 17.1. The Kier molecular flexibility index (Phi) is 22.3. The van der Waals surface area contributed by atoms with Crippen molar-refractivity contribution in [1.82, 2.24) is 10.6 Å². The van der Waals surface area contributed by atoms with Crippen LogP contribution in [0.4, 0.5) is 0 Å². The van der Waals surface area contributed by atoms with Gasteiger partial charge in [-0.05, 0) is 97.8 Å². The lowest BCUT2D eigenvalue weighted by molar-refractivity contribution is -0.141. The molecule has 0 saturated heterocycles. The third kappa shape index (κ3) is 18.7. The van der Waals surface area contributed by atoms with Crippen LogP contribution in [0, 0.1) is 29.1 Å². The number of hydrogen-bond donors (Lipinski definition) is 2. The number of esters is 2. The molecule has 2 N–H and O–H groups in total. The number of carbonyl (C=O) groups excluding carboxylic acids is 2. The molecule has 9 heteroatoms. The minimum Gasteiger partial charge on any atom is -0.462 e.